The Morgan fingerprint density at radius 3 is 1.39 bits per heavy atom. The summed E-state index contributed by atoms with van der Waals surface area (Å²) in [6.07, 6.45) is 0. The average molecular weight is 422 g/mol. The van der Waals surface area contributed by atoms with Crippen LogP contribution in [0, 0.1) is 0 Å². The molecule has 10 nitrogen and oxygen atoms in total. The highest BCUT2D eigenvalue weighted by molar-refractivity contribution is 8.15. The van der Waals surface area contributed by atoms with Crippen molar-refractivity contribution in [3.8, 4) is 0 Å². The molecule has 12 heteroatoms. The normalized spacial score (nSPS) is 16.7. The number of carbonyl (C=O) groups excluding carboxylic acids is 6. The van der Waals surface area contributed by atoms with Gasteiger partial charge in [-0.3, -0.25) is 38.6 Å². The predicted octanol–water partition coefficient (Wildman–Crippen LogP) is 0.954. The fourth-order valence-electron chi connectivity index (χ4n) is 2.39. The van der Waals surface area contributed by atoms with Crippen LogP contribution in [0.2, 0.25) is 0 Å². The van der Waals surface area contributed by atoms with Gasteiger partial charge in [-0.05, 0) is 24.3 Å². The zero-order chi connectivity index (χ0) is 20.3. The van der Waals surface area contributed by atoms with Crippen molar-refractivity contribution in [1.82, 2.24) is 9.80 Å². The lowest BCUT2D eigenvalue weighted by Gasteiger charge is -2.14. The van der Waals surface area contributed by atoms with Gasteiger partial charge in [0.1, 0.15) is 13.1 Å². The standard InChI is InChI=1S/C16H14N4O6S2/c21-11(5-19-13(23)7-27-15(19)25)17-9-1-2-10(4-3-9)18-12(22)6-20-14(24)8-28-16(20)26/h1-4H,5-8H2,(H,17,21)(H,18,22). The van der Waals surface area contributed by atoms with Crippen LogP contribution in [-0.4, -0.2) is 68.5 Å². The van der Waals surface area contributed by atoms with E-state index in [1.54, 1.807) is 0 Å². The number of hydrogen-bond donors (Lipinski definition) is 2. The third kappa shape index (κ3) is 4.70. The number of rotatable bonds is 6. The maximum atomic E-state index is 12.0. The first-order valence-electron chi connectivity index (χ1n) is 7.97. The van der Waals surface area contributed by atoms with Gasteiger partial charge in [-0.25, -0.2) is 0 Å². The van der Waals surface area contributed by atoms with Crippen molar-refractivity contribution >= 4 is 69.0 Å². The number of amides is 6. The van der Waals surface area contributed by atoms with Crippen LogP contribution in [0.15, 0.2) is 24.3 Å². The zero-order valence-electron chi connectivity index (χ0n) is 14.3. The van der Waals surface area contributed by atoms with Crippen molar-refractivity contribution in [2.24, 2.45) is 0 Å². The van der Waals surface area contributed by atoms with Crippen molar-refractivity contribution in [2.75, 3.05) is 35.2 Å². The lowest BCUT2D eigenvalue weighted by molar-refractivity contribution is -0.128. The van der Waals surface area contributed by atoms with Crippen LogP contribution in [-0.2, 0) is 19.2 Å². The van der Waals surface area contributed by atoms with E-state index in [-0.39, 0.29) is 24.6 Å². The van der Waals surface area contributed by atoms with Crippen LogP contribution in [0.4, 0.5) is 21.0 Å². The third-order valence-electron chi connectivity index (χ3n) is 3.74. The number of hydrogen-bond acceptors (Lipinski definition) is 8. The Morgan fingerprint density at radius 2 is 1.11 bits per heavy atom. The monoisotopic (exact) mass is 422 g/mol. The molecule has 1 aromatic carbocycles. The van der Waals surface area contributed by atoms with E-state index in [2.05, 4.69) is 10.6 Å². The summed E-state index contributed by atoms with van der Waals surface area (Å²) in [5.74, 6) is -1.79. The summed E-state index contributed by atoms with van der Waals surface area (Å²) in [6.45, 7) is -0.724. The molecule has 2 aliphatic heterocycles. The van der Waals surface area contributed by atoms with Crippen LogP contribution < -0.4 is 10.6 Å². The molecule has 3 rings (SSSR count). The summed E-state index contributed by atoms with van der Waals surface area (Å²) in [7, 11) is 0. The molecule has 0 unspecified atom stereocenters. The largest absolute Gasteiger partial charge is 0.325 e. The minimum absolute atomic E-state index is 0.0355. The van der Waals surface area contributed by atoms with Crippen LogP contribution in [0.3, 0.4) is 0 Å². The molecular weight excluding hydrogens is 408 g/mol. The molecule has 0 radical (unpaired) electrons. The molecule has 0 saturated carbocycles. The van der Waals surface area contributed by atoms with Gasteiger partial charge in [0.15, 0.2) is 0 Å². The fraction of sp³-hybridized carbons (Fsp3) is 0.250. The van der Waals surface area contributed by atoms with Gasteiger partial charge in [-0.2, -0.15) is 0 Å². The third-order valence-corrected chi connectivity index (χ3v) is 5.45. The molecule has 0 aromatic heterocycles. The number of anilines is 2. The molecule has 146 valence electrons. The highest BCUT2D eigenvalue weighted by Crippen LogP contribution is 2.20. The number of nitrogens with one attached hydrogen (secondary N) is 2. The van der Waals surface area contributed by atoms with Gasteiger partial charge < -0.3 is 10.6 Å². The van der Waals surface area contributed by atoms with Crippen LogP contribution in [0.5, 0.6) is 0 Å². The number of carbonyl (C=O) groups is 6. The average Bonchev–Trinajstić information content (AvgIpc) is 3.13. The maximum Gasteiger partial charge on any atom is 0.289 e. The van der Waals surface area contributed by atoms with Crippen LogP contribution in [0.25, 0.3) is 0 Å². The van der Waals surface area contributed by atoms with E-state index in [1.165, 1.54) is 24.3 Å². The van der Waals surface area contributed by atoms with Gasteiger partial charge in [-0.15, -0.1) is 0 Å². The Bertz CT molecular complexity index is 769. The topological polar surface area (TPSA) is 133 Å². The number of nitrogens with zero attached hydrogens (tertiary/aromatic N) is 2. The summed E-state index contributed by atoms with van der Waals surface area (Å²) in [5, 5.41) is 4.20. The lowest BCUT2D eigenvalue weighted by atomic mass is 10.2. The molecule has 0 atom stereocenters. The van der Waals surface area contributed by atoms with Gasteiger partial charge in [-0.1, -0.05) is 23.5 Å². The Morgan fingerprint density at radius 1 is 0.750 bits per heavy atom. The molecule has 1 aromatic rings. The molecule has 2 heterocycles. The molecule has 0 bridgehead atoms. The molecule has 28 heavy (non-hydrogen) atoms. The second-order valence-electron chi connectivity index (χ2n) is 5.74. The Balaban J connectivity index is 1.50. The van der Waals surface area contributed by atoms with Crippen LogP contribution >= 0.6 is 23.5 Å². The fourth-order valence-corrected chi connectivity index (χ4v) is 3.84. The van der Waals surface area contributed by atoms with Crippen molar-refractivity contribution in [1.29, 1.82) is 0 Å². The van der Waals surface area contributed by atoms with E-state index < -0.39 is 34.1 Å². The van der Waals surface area contributed by atoms with Crippen molar-refractivity contribution < 1.29 is 28.8 Å². The zero-order valence-corrected chi connectivity index (χ0v) is 15.9. The highest BCUT2D eigenvalue weighted by atomic mass is 32.2. The minimum Gasteiger partial charge on any atom is -0.325 e. The Kier molecular flexibility index (Phi) is 5.99. The van der Waals surface area contributed by atoms with Crippen molar-refractivity contribution in [2.45, 2.75) is 0 Å². The van der Waals surface area contributed by atoms with E-state index in [0.29, 0.717) is 11.4 Å². The van der Waals surface area contributed by atoms with Gasteiger partial charge in [0.05, 0.1) is 11.5 Å². The number of benzene rings is 1. The van der Waals surface area contributed by atoms with Gasteiger partial charge in [0, 0.05) is 11.4 Å². The number of imide groups is 2. The molecule has 2 N–H and O–H groups in total. The van der Waals surface area contributed by atoms with E-state index in [9.17, 15) is 28.8 Å². The minimum atomic E-state index is -0.524. The molecule has 0 aliphatic carbocycles. The summed E-state index contributed by atoms with van der Waals surface area (Å²) in [4.78, 5) is 71.7. The molecule has 2 fully saturated rings. The highest BCUT2D eigenvalue weighted by Gasteiger charge is 2.32. The van der Waals surface area contributed by atoms with Gasteiger partial charge >= 0.3 is 0 Å². The summed E-state index contributed by atoms with van der Waals surface area (Å²) >= 11 is 1.70. The van der Waals surface area contributed by atoms with Crippen LogP contribution in [0.1, 0.15) is 0 Å². The summed E-state index contributed by atoms with van der Waals surface area (Å²) < 4.78 is 0. The first kappa shape index (κ1) is 19.9. The lowest BCUT2D eigenvalue weighted by Crippen LogP contribution is -2.36. The number of thioether (sulfide) groups is 2. The summed E-state index contributed by atoms with van der Waals surface area (Å²) in [5.41, 5.74) is 0.826. The van der Waals surface area contributed by atoms with Crippen molar-refractivity contribution in [3.63, 3.8) is 0 Å². The molecule has 0 spiro atoms. The van der Waals surface area contributed by atoms with Gasteiger partial charge in [0.2, 0.25) is 23.6 Å². The molecular formula is C16H14N4O6S2. The predicted molar refractivity (Wildman–Crippen MR) is 103 cm³/mol. The Labute approximate surface area is 167 Å². The second-order valence-corrected chi connectivity index (χ2v) is 7.60. The quantitative estimate of drug-likeness (QED) is 0.692. The first-order chi connectivity index (χ1) is 13.3. The molecule has 2 aliphatic rings. The Hall–Kier alpha value is -2.86. The maximum absolute atomic E-state index is 12.0. The smallest absolute Gasteiger partial charge is 0.289 e. The molecule has 6 amide bonds. The van der Waals surface area contributed by atoms with E-state index in [1.807, 2.05) is 0 Å². The first-order valence-corrected chi connectivity index (χ1v) is 9.94. The van der Waals surface area contributed by atoms with E-state index in [0.717, 1.165) is 33.3 Å². The van der Waals surface area contributed by atoms with Gasteiger partial charge in [0.25, 0.3) is 10.5 Å². The van der Waals surface area contributed by atoms with E-state index >= 15 is 0 Å². The second kappa shape index (κ2) is 8.44. The van der Waals surface area contributed by atoms with Crippen molar-refractivity contribution in [3.05, 3.63) is 24.3 Å². The van der Waals surface area contributed by atoms with E-state index in [4.69, 9.17) is 0 Å². The SMILES string of the molecule is O=C(CN1C(=O)CSC1=O)Nc1ccc(NC(=O)CN2C(=O)CSC2=O)cc1. The summed E-state index contributed by atoms with van der Waals surface area (Å²) in [6, 6.07) is 6.10. The molecule has 2 saturated heterocycles.